The van der Waals surface area contributed by atoms with Crippen molar-refractivity contribution < 1.29 is 0 Å². The molecule has 0 saturated heterocycles. The van der Waals surface area contributed by atoms with Gasteiger partial charge in [0.05, 0.1) is 0 Å². The van der Waals surface area contributed by atoms with Crippen LogP contribution in [-0.4, -0.2) is 6.54 Å². The molecule has 0 bridgehead atoms. The fourth-order valence-corrected chi connectivity index (χ4v) is 3.43. The number of nitrogens with one attached hydrogen (secondary N) is 1. The highest BCUT2D eigenvalue weighted by molar-refractivity contribution is 5.85. The molecule has 0 spiro atoms. The molecule has 1 heterocycles. The zero-order chi connectivity index (χ0) is 14.1. The molecular formula is C20H19N. The maximum absolute atomic E-state index is 3.58. The van der Waals surface area contributed by atoms with Crippen molar-refractivity contribution in [3.8, 4) is 0 Å². The van der Waals surface area contributed by atoms with Gasteiger partial charge in [0, 0.05) is 12.2 Å². The molecule has 0 saturated carbocycles. The molecule has 0 fully saturated rings. The second kappa shape index (κ2) is 5.25. The van der Waals surface area contributed by atoms with Crippen molar-refractivity contribution in [3.63, 3.8) is 0 Å². The van der Waals surface area contributed by atoms with E-state index >= 15 is 0 Å². The minimum atomic E-state index is 0.672. The van der Waals surface area contributed by atoms with Crippen LogP contribution < -0.4 is 5.32 Å². The van der Waals surface area contributed by atoms with Crippen molar-refractivity contribution in [2.75, 3.05) is 11.9 Å². The van der Waals surface area contributed by atoms with E-state index in [4.69, 9.17) is 0 Å². The number of benzene rings is 3. The van der Waals surface area contributed by atoms with Crippen molar-refractivity contribution >= 4 is 16.5 Å². The van der Waals surface area contributed by atoms with Gasteiger partial charge < -0.3 is 5.32 Å². The predicted molar refractivity (Wildman–Crippen MR) is 89.8 cm³/mol. The van der Waals surface area contributed by atoms with Crippen molar-refractivity contribution in [1.82, 2.24) is 0 Å². The molecule has 1 aliphatic rings. The van der Waals surface area contributed by atoms with Gasteiger partial charge in [-0.3, -0.25) is 0 Å². The van der Waals surface area contributed by atoms with Crippen LogP contribution in [0.4, 0.5) is 5.69 Å². The fraction of sp³-hybridized carbons (Fsp3) is 0.200. The first-order valence-corrected chi connectivity index (χ1v) is 7.68. The topological polar surface area (TPSA) is 12.0 Å². The average Bonchev–Trinajstić information content (AvgIpc) is 2.55. The number of fused-ring (bicyclic) bond motifs is 2. The Morgan fingerprint density at radius 2 is 1.67 bits per heavy atom. The first-order chi connectivity index (χ1) is 10.4. The summed E-state index contributed by atoms with van der Waals surface area (Å²) in [5, 5.41) is 6.33. The first-order valence-electron chi connectivity index (χ1n) is 7.68. The van der Waals surface area contributed by atoms with Crippen LogP contribution >= 0.6 is 0 Å². The van der Waals surface area contributed by atoms with E-state index < -0.39 is 0 Å². The molecule has 0 amide bonds. The van der Waals surface area contributed by atoms with E-state index in [-0.39, 0.29) is 0 Å². The van der Waals surface area contributed by atoms with Crippen molar-refractivity contribution in [1.29, 1.82) is 0 Å². The minimum absolute atomic E-state index is 0.672. The van der Waals surface area contributed by atoms with Gasteiger partial charge in [0.2, 0.25) is 0 Å². The number of anilines is 1. The van der Waals surface area contributed by atoms with Gasteiger partial charge in [-0.15, -0.1) is 0 Å². The third-order valence-corrected chi connectivity index (χ3v) is 4.50. The summed E-state index contributed by atoms with van der Waals surface area (Å²) in [6.07, 6.45) is 2.31. The number of hydrogen-bond acceptors (Lipinski definition) is 1. The summed E-state index contributed by atoms with van der Waals surface area (Å²) >= 11 is 0. The van der Waals surface area contributed by atoms with E-state index in [1.54, 1.807) is 0 Å². The van der Waals surface area contributed by atoms with E-state index in [1.165, 1.54) is 34.0 Å². The monoisotopic (exact) mass is 273 g/mol. The van der Waals surface area contributed by atoms with Gasteiger partial charge >= 0.3 is 0 Å². The Morgan fingerprint density at radius 3 is 2.67 bits per heavy atom. The summed E-state index contributed by atoms with van der Waals surface area (Å²) in [7, 11) is 0. The van der Waals surface area contributed by atoms with E-state index in [1.807, 2.05) is 0 Å². The number of rotatable bonds is 2. The van der Waals surface area contributed by atoms with E-state index in [0.29, 0.717) is 5.92 Å². The minimum Gasteiger partial charge on any atom is -0.385 e. The normalized spacial score (nSPS) is 17.2. The Labute approximate surface area is 125 Å². The molecule has 3 aromatic rings. The third kappa shape index (κ3) is 2.40. The smallest absolute Gasteiger partial charge is 0.0372 e. The summed E-state index contributed by atoms with van der Waals surface area (Å²) in [6, 6.07) is 24.0. The molecule has 0 aliphatic carbocycles. The molecule has 1 heteroatoms. The summed E-state index contributed by atoms with van der Waals surface area (Å²) in [5.74, 6) is 0.672. The van der Waals surface area contributed by atoms with Gasteiger partial charge in [-0.1, -0.05) is 60.7 Å². The molecule has 4 rings (SSSR count). The highest BCUT2D eigenvalue weighted by Crippen LogP contribution is 2.28. The maximum Gasteiger partial charge on any atom is 0.0372 e. The molecule has 0 aromatic heterocycles. The molecule has 1 nitrogen and oxygen atoms in total. The van der Waals surface area contributed by atoms with Crippen molar-refractivity contribution in [2.24, 2.45) is 5.92 Å². The predicted octanol–water partition coefficient (Wildman–Crippen LogP) is 4.67. The molecule has 3 aromatic carbocycles. The van der Waals surface area contributed by atoms with Crippen LogP contribution in [0.5, 0.6) is 0 Å². The van der Waals surface area contributed by atoms with Crippen LogP contribution in [0.2, 0.25) is 0 Å². The lowest BCUT2D eigenvalue weighted by atomic mass is 9.87. The summed E-state index contributed by atoms with van der Waals surface area (Å²) in [5.41, 5.74) is 4.24. The summed E-state index contributed by atoms with van der Waals surface area (Å²) < 4.78 is 0. The van der Waals surface area contributed by atoms with Gasteiger partial charge in [-0.05, 0) is 46.7 Å². The van der Waals surface area contributed by atoms with Gasteiger partial charge in [0.1, 0.15) is 0 Å². The zero-order valence-electron chi connectivity index (χ0n) is 12.0. The van der Waals surface area contributed by atoms with Crippen LogP contribution in [0.3, 0.4) is 0 Å². The molecular weight excluding hydrogens is 254 g/mol. The van der Waals surface area contributed by atoms with Crippen molar-refractivity contribution in [2.45, 2.75) is 12.8 Å². The van der Waals surface area contributed by atoms with Crippen LogP contribution in [0.1, 0.15) is 11.1 Å². The Kier molecular flexibility index (Phi) is 3.11. The van der Waals surface area contributed by atoms with Crippen LogP contribution in [0.15, 0.2) is 66.7 Å². The Bertz CT molecular complexity index is 770. The maximum atomic E-state index is 3.58. The average molecular weight is 273 g/mol. The lowest BCUT2D eigenvalue weighted by Gasteiger charge is -2.26. The fourth-order valence-electron chi connectivity index (χ4n) is 3.43. The summed E-state index contributed by atoms with van der Waals surface area (Å²) in [6.45, 7) is 1.07. The largest absolute Gasteiger partial charge is 0.385 e. The highest BCUT2D eigenvalue weighted by atomic mass is 14.9. The third-order valence-electron chi connectivity index (χ3n) is 4.50. The highest BCUT2D eigenvalue weighted by Gasteiger charge is 2.18. The molecule has 0 radical (unpaired) electrons. The number of para-hydroxylation sites is 1. The second-order valence-electron chi connectivity index (χ2n) is 5.95. The van der Waals surface area contributed by atoms with Crippen molar-refractivity contribution in [3.05, 3.63) is 77.9 Å². The molecule has 21 heavy (non-hydrogen) atoms. The lowest BCUT2D eigenvalue weighted by Crippen LogP contribution is -2.24. The Hall–Kier alpha value is -2.28. The van der Waals surface area contributed by atoms with Gasteiger partial charge in [-0.25, -0.2) is 0 Å². The van der Waals surface area contributed by atoms with E-state index in [2.05, 4.69) is 72.0 Å². The van der Waals surface area contributed by atoms with Crippen LogP contribution in [-0.2, 0) is 12.8 Å². The Morgan fingerprint density at radius 1 is 0.857 bits per heavy atom. The summed E-state index contributed by atoms with van der Waals surface area (Å²) in [4.78, 5) is 0. The first kappa shape index (κ1) is 12.5. The van der Waals surface area contributed by atoms with Crippen LogP contribution in [0, 0.1) is 5.92 Å². The van der Waals surface area contributed by atoms with E-state index in [9.17, 15) is 0 Å². The molecule has 104 valence electrons. The second-order valence-corrected chi connectivity index (χ2v) is 5.95. The quantitative estimate of drug-likeness (QED) is 0.715. The van der Waals surface area contributed by atoms with Crippen LogP contribution in [0.25, 0.3) is 10.8 Å². The van der Waals surface area contributed by atoms with Gasteiger partial charge in [-0.2, -0.15) is 0 Å². The molecule has 1 aliphatic heterocycles. The Balaban J connectivity index is 1.62. The molecule has 1 N–H and O–H groups in total. The molecule has 1 atom stereocenters. The van der Waals surface area contributed by atoms with Gasteiger partial charge in [0.15, 0.2) is 0 Å². The lowest BCUT2D eigenvalue weighted by molar-refractivity contribution is 0.537. The van der Waals surface area contributed by atoms with Gasteiger partial charge in [0.25, 0.3) is 0 Å². The molecule has 1 unspecified atom stereocenters. The number of hydrogen-bond donors (Lipinski definition) is 1. The SMILES string of the molecule is c1ccc2c(c1)CC(Cc1cccc3ccccc13)CN2. The van der Waals surface area contributed by atoms with E-state index in [0.717, 1.165) is 13.0 Å². The zero-order valence-corrected chi connectivity index (χ0v) is 12.0. The standard InChI is InChI=1S/C20H19N/c1-3-10-19-16(6-1)8-5-9-17(19)12-15-13-18-7-2-4-11-20(18)21-14-15/h1-11,15,21H,12-14H2.